The van der Waals surface area contributed by atoms with E-state index in [1.165, 1.54) is 0 Å². The molecule has 28 heavy (non-hydrogen) atoms. The third-order valence-corrected chi connectivity index (χ3v) is 5.98. The average molecular weight is 415 g/mol. The molecule has 1 fully saturated rings. The van der Waals surface area contributed by atoms with Gasteiger partial charge in [0.15, 0.2) is 0 Å². The molecule has 0 saturated carbocycles. The summed E-state index contributed by atoms with van der Waals surface area (Å²) in [4.78, 5) is 30.0. The third kappa shape index (κ3) is 3.11. The maximum absolute atomic E-state index is 13.5. The Morgan fingerprint density at radius 2 is 1.57 bits per heavy atom. The van der Waals surface area contributed by atoms with Gasteiger partial charge < -0.3 is 4.90 Å². The van der Waals surface area contributed by atoms with Gasteiger partial charge in [0, 0.05) is 18.1 Å². The monoisotopic (exact) mass is 414 g/mol. The van der Waals surface area contributed by atoms with Gasteiger partial charge in [-0.05, 0) is 61.6 Å². The van der Waals surface area contributed by atoms with Crippen LogP contribution in [0.15, 0.2) is 42.1 Å². The topological polar surface area (TPSA) is 40.6 Å². The van der Waals surface area contributed by atoms with E-state index < -0.39 is 0 Å². The molecule has 0 atom stereocenters. The second kappa shape index (κ2) is 7.26. The van der Waals surface area contributed by atoms with E-state index in [0.29, 0.717) is 27.0 Å². The number of amides is 2. The van der Waals surface area contributed by atoms with E-state index in [2.05, 4.69) is 0 Å². The molecule has 0 aliphatic carbocycles. The summed E-state index contributed by atoms with van der Waals surface area (Å²) in [5.41, 5.74) is 4.18. The Balaban J connectivity index is 1.88. The van der Waals surface area contributed by atoms with Gasteiger partial charge in [-0.15, -0.1) is 0 Å². The first-order valence-corrected chi connectivity index (χ1v) is 10.0. The van der Waals surface area contributed by atoms with Crippen LogP contribution in [-0.4, -0.2) is 29.8 Å². The number of hydrogen-bond acceptors (Lipinski definition) is 3. The molecule has 0 unspecified atom stereocenters. The highest BCUT2D eigenvalue weighted by molar-refractivity contribution is 6.47. The number of carbonyl (C=O) groups is 2. The second-order valence-electron chi connectivity index (χ2n) is 7.26. The smallest absolute Gasteiger partial charge is 0.282 e. The third-order valence-electron chi connectivity index (χ3n) is 5.43. The Labute approximate surface area is 174 Å². The van der Waals surface area contributed by atoms with Gasteiger partial charge in [0.1, 0.15) is 5.70 Å². The van der Waals surface area contributed by atoms with Gasteiger partial charge in [0.05, 0.1) is 16.3 Å². The molecule has 2 aromatic carbocycles. The number of rotatable bonds is 3. The van der Waals surface area contributed by atoms with Gasteiger partial charge >= 0.3 is 0 Å². The molecule has 0 aromatic heterocycles. The Hall–Kier alpha value is -2.30. The summed E-state index contributed by atoms with van der Waals surface area (Å²) in [6.45, 7) is 5.55. The summed E-state index contributed by atoms with van der Waals surface area (Å²) in [5, 5.41) is 0.732. The van der Waals surface area contributed by atoms with Gasteiger partial charge in [-0.25, -0.2) is 4.90 Å². The van der Waals surface area contributed by atoms with Gasteiger partial charge in [-0.1, -0.05) is 41.4 Å². The summed E-state index contributed by atoms with van der Waals surface area (Å²) in [7, 11) is 0. The zero-order valence-corrected chi connectivity index (χ0v) is 17.3. The minimum absolute atomic E-state index is 0.313. The molecule has 6 heteroatoms. The fourth-order valence-electron chi connectivity index (χ4n) is 3.79. The molecule has 4 nitrogen and oxygen atoms in total. The molecule has 0 bridgehead atoms. The van der Waals surface area contributed by atoms with Crippen LogP contribution in [-0.2, 0) is 9.59 Å². The van der Waals surface area contributed by atoms with E-state index >= 15 is 0 Å². The maximum Gasteiger partial charge on any atom is 0.282 e. The predicted octanol–water partition coefficient (Wildman–Crippen LogP) is 4.99. The summed E-state index contributed by atoms with van der Waals surface area (Å²) >= 11 is 12.4. The fourth-order valence-corrected chi connectivity index (χ4v) is 4.15. The van der Waals surface area contributed by atoms with Crippen molar-refractivity contribution in [2.24, 2.45) is 0 Å². The lowest BCUT2D eigenvalue weighted by Gasteiger charge is -2.21. The molecular weight excluding hydrogens is 395 g/mol. The molecule has 2 aromatic rings. The van der Waals surface area contributed by atoms with Crippen molar-refractivity contribution in [2.45, 2.75) is 26.7 Å². The molecule has 0 radical (unpaired) electrons. The number of imide groups is 1. The minimum Gasteiger partial charge on any atom is -0.366 e. The van der Waals surface area contributed by atoms with Gasteiger partial charge in [0.25, 0.3) is 11.8 Å². The highest BCUT2D eigenvalue weighted by Gasteiger charge is 2.43. The summed E-state index contributed by atoms with van der Waals surface area (Å²) in [5.74, 6) is -0.705. The van der Waals surface area contributed by atoms with Crippen molar-refractivity contribution in [1.82, 2.24) is 4.90 Å². The first-order valence-electron chi connectivity index (χ1n) is 9.29. The van der Waals surface area contributed by atoms with Crippen molar-refractivity contribution in [3.05, 3.63) is 68.8 Å². The standard InChI is InChI=1S/C22H20Cl2N2O2/c1-13-5-6-15(11-14(13)2)19-20(25-9-3-4-10-25)22(28)26(21(19)27)18-12-16(23)7-8-17(18)24/h5-8,11-12H,3-4,9-10H2,1-2H3. The highest BCUT2D eigenvalue weighted by Crippen LogP contribution is 2.39. The molecule has 144 valence electrons. The van der Waals surface area contributed by atoms with E-state index in [1.54, 1.807) is 18.2 Å². The summed E-state index contributed by atoms with van der Waals surface area (Å²) in [6, 6.07) is 10.6. The zero-order valence-electron chi connectivity index (χ0n) is 15.8. The number of halogens is 2. The molecule has 2 amide bonds. The Bertz CT molecular complexity index is 1020. The first-order chi connectivity index (χ1) is 13.4. The van der Waals surface area contributed by atoms with E-state index in [-0.39, 0.29) is 11.8 Å². The minimum atomic E-state index is -0.362. The Morgan fingerprint density at radius 3 is 2.25 bits per heavy atom. The van der Waals surface area contributed by atoms with Crippen LogP contribution in [0.5, 0.6) is 0 Å². The SMILES string of the molecule is Cc1ccc(C2=C(N3CCCC3)C(=O)N(c3cc(Cl)ccc3Cl)C2=O)cc1C. The normalized spacial score (nSPS) is 17.3. The number of carbonyl (C=O) groups excluding carboxylic acids is 2. The molecule has 1 saturated heterocycles. The van der Waals surface area contributed by atoms with Gasteiger partial charge in [0.2, 0.25) is 0 Å². The number of likely N-dealkylation sites (tertiary alicyclic amines) is 1. The number of hydrogen-bond donors (Lipinski definition) is 0. The quantitative estimate of drug-likeness (QED) is 0.664. The summed E-state index contributed by atoms with van der Waals surface area (Å²) in [6.07, 6.45) is 2.01. The molecule has 0 N–H and O–H groups in total. The molecule has 0 spiro atoms. The number of anilines is 1. The lowest BCUT2D eigenvalue weighted by Crippen LogP contribution is -2.34. The predicted molar refractivity (Wildman–Crippen MR) is 113 cm³/mol. The number of benzene rings is 2. The maximum atomic E-state index is 13.5. The van der Waals surface area contributed by atoms with Crippen molar-refractivity contribution in [2.75, 3.05) is 18.0 Å². The van der Waals surface area contributed by atoms with E-state index in [1.807, 2.05) is 36.9 Å². The molecule has 2 heterocycles. The van der Waals surface area contributed by atoms with Crippen LogP contribution >= 0.6 is 23.2 Å². The Kier molecular flexibility index (Phi) is 4.94. The molecule has 4 rings (SSSR count). The van der Waals surface area contributed by atoms with Crippen molar-refractivity contribution in [3.8, 4) is 0 Å². The van der Waals surface area contributed by atoms with Crippen molar-refractivity contribution in [1.29, 1.82) is 0 Å². The largest absolute Gasteiger partial charge is 0.366 e. The lowest BCUT2D eigenvalue weighted by molar-refractivity contribution is -0.120. The van der Waals surface area contributed by atoms with Crippen LogP contribution in [0.4, 0.5) is 5.69 Å². The van der Waals surface area contributed by atoms with Crippen LogP contribution in [0, 0.1) is 13.8 Å². The van der Waals surface area contributed by atoms with Crippen LogP contribution in [0.25, 0.3) is 5.57 Å². The molecule has 2 aliphatic rings. The van der Waals surface area contributed by atoms with E-state index in [4.69, 9.17) is 23.2 Å². The fraction of sp³-hybridized carbons (Fsp3) is 0.273. The van der Waals surface area contributed by atoms with Gasteiger partial charge in [-0.3, -0.25) is 9.59 Å². The van der Waals surface area contributed by atoms with Crippen molar-refractivity contribution < 1.29 is 9.59 Å². The zero-order chi connectivity index (χ0) is 20.0. The average Bonchev–Trinajstić information content (AvgIpc) is 3.26. The summed E-state index contributed by atoms with van der Waals surface area (Å²) < 4.78 is 0. The Morgan fingerprint density at radius 1 is 0.857 bits per heavy atom. The van der Waals surface area contributed by atoms with Crippen LogP contribution in [0.2, 0.25) is 10.0 Å². The number of nitrogens with zero attached hydrogens (tertiary/aromatic N) is 2. The van der Waals surface area contributed by atoms with Crippen molar-refractivity contribution in [3.63, 3.8) is 0 Å². The van der Waals surface area contributed by atoms with Gasteiger partial charge in [-0.2, -0.15) is 0 Å². The second-order valence-corrected chi connectivity index (χ2v) is 8.10. The van der Waals surface area contributed by atoms with Crippen LogP contribution in [0.3, 0.4) is 0 Å². The van der Waals surface area contributed by atoms with Crippen LogP contribution < -0.4 is 4.90 Å². The highest BCUT2D eigenvalue weighted by atomic mass is 35.5. The van der Waals surface area contributed by atoms with E-state index in [0.717, 1.165) is 47.5 Å². The number of aryl methyl sites for hydroxylation is 2. The molecular formula is C22H20Cl2N2O2. The van der Waals surface area contributed by atoms with E-state index in [9.17, 15) is 9.59 Å². The lowest BCUT2D eigenvalue weighted by atomic mass is 9.99. The van der Waals surface area contributed by atoms with Crippen molar-refractivity contribution >= 4 is 46.3 Å². The first kappa shape index (κ1) is 19.0. The molecule has 2 aliphatic heterocycles. The van der Waals surface area contributed by atoms with Crippen LogP contribution in [0.1, 0.15) is 29.5 Å².